The van der Waals surface area contributed by atoms with Crippen LogP contribution in [0, 0.1) is 0 Å². The van der Waals surface area contributed by atoms with Crippen molar-refractivity contribution in [2.24, 2.45) is 0 Å². The second kappa shape index (κ2) is 10.8. The zero-order valence-corrected chi connectivity index (χ0v) is 20.5. The van der Waals surface area contributed by atoms with Crippen LogP contribution < -0.4 is 16.0 Å². The lowest BCUT2D eigenvalue weighted by Crippen LogP contribution is -2.22. The smallest absolute Gasteiger partial charge is 0.152 e. The third kappa shape index (κ3) is 5.16. The molecule has 4 aromatic rings. The number of nitrogen functional groups attached to an aromatic ring is 1. The fourth-order valence-corrected chi connectivity index (χ4v) is 4.38. The average Bonchev–Trinajstić information content (AvgIpc) is 3.21. The molecule has 0 fully saturated rings. The van der Waals surface area contributed by atoms with Gasteiger partial charge in [0.2, 0.25) is 0 Å². The molecule has 2 aromatic carbocycles. The predicted molar refractivity (Wildman–Crippen MR) is 141 cm³/mol. The first kappa shape index (κ1) is 24.0. The van der Waals surface area contributed by atoms with Gasteiger partial charge in [-0.25, -0.2) is 9.97 Å². The molecule has 0 aliphatic heterocycles. The number of hydrogen-bond acceptors (Lipinski definition) is 6. The van der Waals surface area contributed by atoms with Crippen molar-refractivity contribution in [1.82, 2.24) is 19.9 Å². The number of aryl methyl sites for hydroxylation is 2. The van der Waals surface area contributed by atoms with Crippen LogP contribution in [0.5, 0.6) is 0 Å². The van der Waals surface area contributed by atoms with Gasteiger partial charge in [0.25, 0.3) is 0 Å². The van der Waals surface area contributed by atoms with Crippen molar-refractivity contribution >= 4 is 33.4 Å². The summed E-state index contributed by atoms with van der Waals surface area (Å²) in [7, 11) is 4.02. The largest absolute Gasteiger partial charge is 0.382 e. The standard InChI is InChI=1S/C27H36N6O/c1-4-5-12-23-31-24-25(21-10-6-7-11-22(21)30-26(24)28)33(23)18-9-8-17-29-27(34)19-13-15-20(16-14-19)32(2)3/h6-7,10-11,13-16,27,29,34H,4-5,8-9,12,17-18H2,1-3H3,(H2,28,30). The molecular weight excluding hydrogens is 424 g/mol. The van der Waals surface area contributed by atoms with Crippen molar-refractivity contribution in [3.63, 3.8) is 0 Å². The van der Waals surface area contributed by atoms with E-state index in [1.807, 2.05) is 61.5 Å². The van der Waals surface area contributed by atoms with Gasteiger partial charge in [0.05, 0.1) is 11.0 Å². The summed E-state index contributed by atoms with van der Waals surface area (Å²) >= 11 is 0. The number of para-hydroxylation sites is 1. The number of imidazole rings is 1. The first-order chi connectivity index (χ1) is 16.5. The molecule has 2 aromatic heterocycles. The molecule has 2 heterocycles. The molecule has 1 atom stereocenters. The Bertz CT molecular complexity index is 1230. The van der Waals surface area contributed by atoms with E-state index in [0.29, 0.717) is 5.82 Å². The van der Waals surface area contributed by atoms with Crippen molar-refractivity contribution in [2.45, 2.75) is 51.8 Å². The summed E-state index contributed by atoms with van der Waals surface area (Å²) in [6, 6.07) is 16.1. The highest BCUT2D eigenvalue weighted by Gasteiger charge is 2.17. The Labute approximate surface area is 201 Å². The summed E-state index contributed by atoms with van der Waals surface area (Å²) in [6.45, 7) is 3.79. The molecule has 0 aliphatic carbocycles. The van der Waals surface area contributed by atoms with E-state index >= 15 is 0 Å². The van der Waals surface area contributed by atoms with E-state index in [1.54, 1.807) is 0 Å². The molecule has 0 saturated carbocycles. The Morgan fingerprint density at radius 3 is 2.53 bits per heavy atom. The number of nitrogens with one attached hydrogen (secondary N) is 1. The molecule has 7 heteroatoms. The molecule has 0 spiro atoms. The molecule has 180 valence electrons. The summed E-state index contributed by atoms with van der Waals surface area (Å²) in [5.74, 6) is 1.57. The molecule has 0 radical (unpaired) electrons. The second-order valence-corrected chi connectivity index (χ2v) is 9.04. The number of unbranched alkanes of at least 4 members (excludes halogenated alkanes) is 2. The van der Waals surface area contributed by atoms with Crippen LogP contribution in [0.1, 0.15) is 50.2 Å². The van der Waals surface area contributed by atoms with E-state index in [-0.39, 0.29) is 0 Å². The van der Waals surface area contributed by atoms with Crippen molar-refractivity contribution in [3.05, 3.63) is 59.9 Å². The maximum atomic E-state index is 10.5. The van der Waals surface area contributed by atoms with Crippen molar-refractivity contribution < 1.29 is 5.11 Å². The van der Waals surface area contributed by atoms with E-state index in [2.05, 4.69) is 27.9 Å². The predicted octanol–water partition coefficient (Wildman–Crippen LogP) is 4.64. The van der Waals surface area contributed by atoms with E-state index in [0.717, 1.165) is 84.2 Å². The van der Waals surface area contributed by atoms with Crippen molar-refractivity contribution in [2.75, 3.05) is 31.3 Å². The number of aromatic nitrogens is 3. The molecule has 0 saturated heterocycles. The zero-order valence-electron chi connectivity index (χ0n) is 20.5. The fourth-order valence-electron chi connectivity index (χ4n) is 4.38. The molecule has 1 unspecified atom stereocenters. The number of fused-ring (bicyclic) bond motifs is 3. The van der Waals surface area contributed by atoms with Crippen LogP contribution in [-0.2, 0) is 13.0 Å². The minimum absolute atomic E-state index is 0.496. The van der Waals surface area contributed by atoms with Gasteiger partial charge in [-0.3, -0.25) is 5.32 Å². The molecule has 7 nitrogen and oxygen atoms in total. The van der Waals surface area contributed by atoms with E-state index < -0.39 is 6.23 Å². The molecule has 34 heavy (non-hydrogen) atoms. The van der Waals surface area contributed by atoms with Gasteiger partial charge in [0.15, 0.2) is 5.82 Å². The van der Waals surface area contributed by atoms with Crippen LogP contribution in [0.25, 0.3) is 21.9 Å². The number of hydrogen-bond donors (Lipinski definition) is 3. The number of anilines is 2. The summed E-state index contributed by atoms with van der Waals surface area (Å²) in [5, 5.41) is 14.8. The average molecular weight is 461 g/mol. The third-order valence-electron chi connectivity index (χ3n) is 6.31. The number of pyridine rings is 1. The van der Waals surface area contributed by atoms with Crippen LogP contribution in [0.3, 0.4) is 0 Å². The normalized spacial score (nSPS) is 12.5. The third-order valence-corrected chi connectivity index (χ3v) is 6.31. The quantitative estimate of drug-likeness (QED) is 0.223. The topological polar surface area (TPSA) is 92.2 Å². The Kier molecular flexibility index (Phi) is 7.65. The summed E-state index contributed by atoms with van der Waals surface area (Å²) in [5.41, 5.74) is 11.1. The molecule has 0 bridgehead atoms. The number of rotatable bonds is 11. The number of aliphatic hydroxyl groups excluding tert-OH is 1. The highest BCUT2D eigenvalue weighted by molar-refractivity contribution is 6.06. The van der Waals surface area contributed by atoms with E-state index in [1.165, 1.54) is 0 Å². The number of aliphatic hydroxyl groups is 1. The van der Waals surface area contributed by atoms with Gasteiger partial charge in [0.1, 0.15) is 17.6 Å². The Morgan fingerprint density at radius 2 is 1.79 bits per heavy atom. The minimum atomic E-state index is -0.666. The van der Waals surface area contributed by atoms with Crippen LogP contribution in [0.2, 0.25) is 0 Å². The second-order valence-electron chi connectivity index (χ2n) is 9.04. The molecule has 4 N–H and O–H groups in total. The molecule has 0 amide bonds. The molecule has 4 rings (SSSR count). The monoisotopic (exact) mass is 460 g/mol. The van der Waals surface area contributed by atoms with Gasteiger partial charge < -0.3 is 20.3 Å². The number of nitrogens with two attached hydrogens (primary N) is 1. The maximum absolute atomic E-state index is 10.5. The Hall–Kier alpha value is -3.16. The van der Waals surface area contributed by atoms with Gasteiger partial charge in [0, 0.05) is 38.1 Å². The van der Waals surface area contributed by atoms with Gasteiger partial charge in [-0.1, -0.05) is 43.7 Å². The van der Waals surface area contributed by atoms with Gasteiger partial charge in [-0.2, -0.15) is 0 Å². The Morgan fingerprint density at radius 1 is 1.03 bits per heavy atom. The van der Waals surface area contributed by atoms with E-state index in [9.17, 15) is 5.11 Å². The SMILES string of the molecule is CCCCc1nc2c(N)nc3ccccc3c2n1CCCCNC(O)c1ccc(N(C)C)cc1. The zero-order chi connectivity index (χ0) is 24.1. The molecular formula is C27H36N6O. The number of benzene rings is 2. The summed E-state index contributed by atoms with van der Waals surface area (Å²) in [6.07, 6.45) is 4.39. The van der Waals surface area contributed by atoms with Crippen LogP contribution >= 0.6 is 0 Å². The van der Waals surface area contributed by atoms with Crippen molar-refractivity contribution in [1.29, 1.82) is 0 Å². The van der Waals surface area contributed by atoms with Crippen LogP contribution in [-0.4, -0.2) is 40.3 Å². The fraction of sp³-hybridized carbons (Fsp3) is 0.407. The lowest BCUT2D eigenvalue weighted by Gasteiger charge is -2.16. The van der Waals surface area contributed by atoms with E-state index in [4.69, 9.17) is 10.7 Å². The van der Waals surface area contributed by atoms with Gasteiger partial charge in [-0.15, -0.1) is 0 Å². The number of nitrogens with zero attached hydrogens (tertiary/aromatic N) is 4. The Balaban J connectivity index is 1.44. The lowest BCUT2D eigenvalue weighted by molar-refractivity contribution is 0.138. The van der Waals surface area contributed by atoms with Crippen molar-refractivity contribution in [3.8, 4) is 0 Å². The van der Waals surface area contributed by atoms with Gasteiger partial charge >= 0.3 is 0 Å². The van der Waals surface area contributed by atoms with Crippen LogP contribution in [0.15, 0.2) is 48.5 Å². The highest BCUT2D eigenvalue weighted by atomic mass is 16.3. The first-order valence-corrected chi connectivity index (χ1v) is 12.2. The first-order valence-electron chi connectivity index (χ1n) is 12.2. The highest BCUT2D eigenvalue weighted by Crippen LogP contribution is 2.29. The van der Waals surface area contributed by atoms with Crippen LogP contribution in [0.4, 0.5) is 11.5 Å². The lowest BCUT2D eigenvalue weighted by atomic mass is 10.1. The summed E-state index contributed by atoms with van der Waals surface area (Å²) in [4.78, 5) is 11.5. The minimum Gasteiger partial charge on any atom is -0.382 e. The maximum Gasteiger partial charge on any atom is 0.152 e. The summed E-state index contributed by atoms with van der Waals surface area (Å²) < 4.78 is 2.34. The van der Waals surface area contributed by atoms with Gasteiger partial charge in [-0.05, 0) is 49.6 Å². The molecule has 0 aliphatic rings.